The van der Waals surface area contributed by atoms with Crippen molar-refractivity contribution in [3.8, 4) is 0 Å². The van der Waals surface area contributed by atoms with Gasteiger partial charge in [-0.3, -0.25) is 4.79 Å². The van der Waals surface area contributed by atoms with Crippen LogP contribution in [0.15, 0.2) is 4.34 Å². The quantitative estimate of drug-likeness (QED) is 0.643. The van der Waals surface area contributed by atoms with E-state index >= 15 is 0 Å². The Labute approximate surface area is 109 Å². The van der Waals surface area contributed by atoms with E-state index in [0.29, 0.717) is 5.13 Å². The third-order valence-electron chi connectivity index (χ3n) is 2.59. The lowest BCUT2D eigenvalue weighted by Crippen LogP contribution is -2.28. The Bertz CT molecular complexity index is 376. The number of carbonyl (C=O) groups is 1. The summed E-state index contributed by atoms with van der Waals surface area (Å²) in [5, 5.41) is 14.6. The Morgan fingerprint density at radius 2 is 2.29 bits per heavy atom. The minimum Gasteiger partial charge on any atom is -0.317 e. The number of rotatable bonds is 4. The third-order valence-corrected chi connectivity index (χ3v) is 4.79. The van der Waals surface area contributed by atoms with Crippen molar-refractivity contribution in [1.29, 1.82) is 0 Å². The van der Waals surface area contributed by atoms with Crippen molar-refractivity contribution in [1.82, 2.24) is 15.5 Å². The van der Waals surface area contributed by atoms with Crippen molar-refractivity contribution >= 4 is 34.1 Å². The van der Waals surface area contributed by atoms with E-state index in [1.165, 1.54) is 31.1 Å². The summed E-state index contributed by atoms with van der Waals surface area (Å²) < 4.78 is 0.937. The van der Waals surface area contributed by atoms with Gasteiger partial charge in [-0.15, -0.1) is 10.2 Å². The second-order valence-corrected chi connectivity index (χ2v) is 6.30. The predicted molar refractivity (Wildman–Crippen MR) is 70.5 cm³/mol. The molecule has 0 aliphatic carbocycles. The van der Waals surface area contributed by atoms with E-state index in [1.807, 2.05) is 0 Å². The summed E-state index contributed by atoms with van der Waals surface area (Å²) in [5.74, 6) is 1.77. The second-order valence-electron chi connectivity index (χ2n) is 4.06. The van der Waals surface area contributed by atoms with Crippen molar-refractivity contribution in [3.05, 3.63) is 0 Å². The van der Waals surface area contributed by atoms with Gasteiger partial charge in [-0.05, 0) is 31.8 Å². The average Bonchev–Trinajstić information content (AvgIpc) is 2.75. The van der Waals surface area contributed by atoms with Crippen LogP contribution in [0.5, 0.6) is 0 Å². The number of nitrogens with one attached hydrogen (secondary N) is 2. The molecule has 7 heteroatoms. The molecule has 2 N–H and O–H groups in total. The first-order valence-electron chi connectivity index (χ1n) is 5.68. The van der Waals surface area contributed by atoms with Crippen molar-refractivity contribution in [2.45, 2.75) is 24.1 Å². The topological polar surface area (TPSA) is 66.9 Å². The number of aromatic nitrogens is 2. The summed E-state index contributed by atoms with van der Waals surface area (Å²) in [7, 11) is 0. The smallest absolute Gasteiger partial charge is 0.223 e. The van der Waals surface area contributed by atoms with Crippen molar-refractivity contribution in [3.63, 3.8) is 0 Å². The number of hydrogen-bond donors (Lipinski definition) is 2. The number of anilines is 1. The molecule has 2 heterocycles. The molecular formula is C10H16N4OS2. The van der Waals surface area contributed by atoms with E-state index in [1.54, 1.807) is 11.8 Å². The highest BCUT2D eigenvalue weighted by molar-refractivity contribution is 8.01. The predicted octanol–water partition coefficient (Wildman–Crippen LogP) is 1.59. The fraction of sp³-hybridized carbons (Fsp3) is 0.700. The normalized spacial score (nSPS) is 17.0. The molecule has 94 valence electrons. The second kappa shape index (κ2) is 6.32. The molecule has 0 radical (unpaired) electrons. The maximum atomic E-state index is 10.8. The van der Waals surface area contributed by atoms with Gasteiger partial charge >= 0.3 is 0 Å². The molecule has 1 aromatic rings. The third kappa shape index (κ3) is 4.25. The molecule has 1 aliphatic rings. The average molecular weight is 272 g/mol. The van der Waals surface area contributed by atoms with E-state index in [9.17, 15) is 4.79 Å². The number of piperidine rings is 1. The molecule has 1 saturated heterocycles. The first-order chi connectivity index (χ1) is 8.24. The molecule has 1 fully saturated rings. The molecule has 1 aromatic heterocycles. The first-order valence-corrected chi connectivity index (χ1v) is 7.49. The molecule has 1 amide bonds. The zero-order valence-electron chi connectivity index (χ0n) is 9.73. The largest absolute Gasteiger partial charge is 0.317 e. The lowest BCUT2D eigenvalue weighted by molar-refractivity contribution is -0.114. The van der Waals surface area contributed by atoms with E-state index in [0.717, 1.165) is 29.1 Å². The Morgan fingerprint density at radius 1 is 1.53 bits per heavy atom. The van der Waals surface area contributed by atoms with Gasteiger partial charge in [0.05, 0.1) is 0 Å². The molecule has 0 spiro atoms. The fourth-order valence-electron chi connectivity index (χ4n) is 1.71. The molecule has 0 aromatic carbocycles. The lowest BCUT2D eigenvalue weighted by Gasteiger charge is -2.21. The summed E-state index contributed by atoms with van der Waals surface area (Å²) in [6.45, 7) is 3.72. The Kier molecular flexibility index (Phi) is 4.75. The SMILES string of the molecule is CC(=O)Nc1nnc(SCC2CCNCC2)s1. The molecule has 0 saturated carbocycles. The van der Waals surface area contributed by atoms with Crippen molar-refractivity contribution < 1.29 is 4.79 Å². The van der Waals surface area contributed by atoms with E-state index in [-0.39, 0.29) is 5.91 Å². The number of carbonyl (C=O) groups excluding carboxylic acids is 1. The van der Waals surface area contributed by atoms with Gasteiger partial charge in [0.25, 0.3) is 0 Å². The van der Waals surface area contributed by atoms with E-state index < -0.39 is 0 Å². The van der Waals surface area contributed by atoms with Gasteiger partial charge in [-0.1, -0.05) is 23.1 Å². The fourth-order valence-corrected chi connectivity index (χ4v) is 3.72. The van der Waals surface area contributed by atoms with Gasteiger partial charge in [-0.2, -0.15) is 0 Å². The Hall–Kier alpha value is -0.660. The van der Waals surface area contributed by atoms with Gasteiger partial charge < -0.3 is 10.6 Å². The number of nitrogens with zero attached hydrogens (tertiary/aromatic N) is 2. The lowest BCUT2D eigenvalue weighted by atomic mass is 10.0. The maximum absolute atomic E-state index is 10.8. The van der Waals surface area contributed by atoms with Crippen LogP contribution in [0.4, 0.5) is 5.13 Å². The molecular weight excluding hydrogens is 256 g/mol. The van der Waals surface area contributed by atoms with Gasteiger partial charge in [0.2, 0.25) is 11.0 Å². The summed E-state index contributed by atoms with van der Waals surface area (Å²) in [4.78, 5) is 10.8. The number of hydrogen-bond acceptors (Lipinski definition) is 6. The van der Waals surface area contributed by atoms with Crippen molar-refractivity contribution in [2.75, 3.05) is 24.2 Å². The molecule has 5 nitrogen and oxygen atoms in total. The van der Waals surface area contributed by atoms with Gasteiger partial charge in [0.1, 0.15) is 0 Å². The zero-order chi connectivity index (χ0) is 12.1. The highest BCUT2D eigenvalue weighted by Gasteiger charge is 2.14. The Balaban J connectivity index is 1.78. The highest BCUT2D eigenvalue weighted by Crippen LogP contribution is 2.29. The van der Waals surface area contributed by atoms with Crippen LogP contribution in [-0.2, 0) is 4.79 Å². The molecule has 1 aliphatic heterocycles. The molecule has 0 unspecified atom stereocenters. The first kappa shape index (κ1) is 12.8. The van der Waals surface area contributed by atoms with Crippen LogP contribution < -0.4 is 10.6 Å². The molecule has 0 bridgehead atoms. The van der Waals surface area contributed by atoms with Crippen LogP contribution in [0.1, 0.15) is 19.8 Å². The van der Waals surface area contributed by atoms with Gasteiger partial charge in [0, 0.05) is 12.7 Å². The summed E-state index contributed by atoms with van der Waals surface area (Å²) in [5.41, 5.74) is 0. The van der Waals surface area contributed by atoms with Crippen molar-refractivity contribution in [2.24, 2.45) is 5.92 Å². The standard InChI is InChI=1S/C10H16N4OS2/c1-7(15)12-9-13-14-10(17-9)16-6-8-2-4-11-5-3-8/h8,11H,2-6H2,1H3,(H,12,13,15). The maximum Gasteiger partial charge on any atom is 0.223 e. The number of thioether (sulfide) groups is 1. The summed E-state index contributed by atoms with van der Waals surface area (Å²) >= 11 is 3.18. The summed E-state index contributed by atoms with van der Waals surface area (Å²) in [6.07, 6.45) is 2.48. The van der Waals surface area contributed by atoms with Gasteiger partial charge in [-0.25, -0.2) is 0 Å². The molecule has 0 atom stereocenters. The van der Waals surface area contributed by atoms with Gasteiger partial charge in [0.15, 0.2) is 4.34 Å². The summed E-state index contributed by atoms with van der Waals surface area (Å²) in [6, 6.07) is 0. The minimum absolute atomic E-state index is 0.101. The van der Waals surface area contributed by atoms with E-state index in [2.05, 4.69) is 20.8 Å². The molecule has 17 heavy (non-hydrogen) atoms. The van der Waals surface area contributed by atoms with Crippen LogP contribution in [0.2, 0.25) is 0 Å². The highest BCUT2D eigenvalue weighted by atomic mass is 32.2. The van der Waals surface area contributed by atoms with Crippen LogP contribution in [0, 0.1) is 5.92 Å². The molecule has 2 rings (SSSR count). The number of amides is 1. The van der Waals surface area contributed by atoms with Crippen LogP contribution in [-0.4, -0.2) is 34.9 Å². The zero-order valence-corrected chi connectivity index (χ0v) is 11.4. The van der Waals surface area contributed by atoms with Crippen LogP contribution in [0.25, 0.3) is 0 Å². The minimum atomic E-state index is -0.101. The Morgan fingerprint density at radius 3 is 3.00 bits per heavy atom. The van der Waals surface area contributed by atoms with Crippen LogP contribution >= 0.6 is 23.1 Å². The van der Waals surface area contributed by atoms with Crippen LogP contribution in [0.3, 0.4) is 0 Å². The monoisotopic (exact) mass is 272 g/mol. The van der Waals surface area contributed by atoms with E-state index in [4.69, 9.17) is 0 Å².